The minimum absolute atomic E-state index is 0.105. The highest BCUT2D eigenvalue weighted by atomic mass is 35.5. The monoisotopic (exact) mass is 264 g/mol. The highest BCUT2D eigenvalue weighted by Crippen LogP contribution is 2.26. The van der Waals surface area contributed by atoms with Gasteiger partial charge >= 0.3 is 0 Å². The summed E-state index contributed by atoms with van der Waals surface area (Å²) < 4.78 is 0. The fourth-order valence-corrected chi connectivity index (χ4v) is 2.32. The fourth-order valence-electron chi connectivity index (χ4n) is 2.14. The summed E-state index contributed by atoms with van der Waals surface area (Å²) in [7, 11) is 0. The van der Waals surface area contributed by atoms with Crippen molar-refractivity contribution < 1.29 is 9.90 Å². The second kappa shape index (κ2) is 5.28. The maximum absolute atomic E-state index is 12.3. The van der Waals surface area contributed by atoms with Crippen molar-refractivity contribution in [2.75, 3.05) is 6.54 Å². The molecule has 2 rings (SSSR count). The summed E-state index contributed by atoms with van der Waals surface area (Å²) in [5.74, 6) is -0.437. The molecule has 0 saturated carbocycles. The smallest absolute Gasteiger partial charge is 0.258 e. The Morgan fingerprint density at radius 2 is 2.28 bits per heavy atom. The number of carbonyl (C=O) groups is 1. The lowest BCUT2D eigenvalue weighted by Crippen LogP contribution is -2.42. The normalized spacial score (nSPS) is 19.3. The number of halogens is 1. The van der Waals surface area contributed by atoms with Crippen molar-refractivity contribution in [2.24, 2.45) is 0 Å². The number of carbonyl (C=O) groups excluding carboxylic acids is 1. The third-order valence-electron chi connectivity index (χ3n) is 3.10. The summed E-state index contributed by atoms with van der Waals surface area (Å²) in [5.41, 5.74) is 0.157. The van der Waals surface area contributed by atoms with E-state index in [2.05, 4.69) is 6.07 Å². The van der Waals surface area contributed by atoms with Gasteiger partial charge < -0.3 is 10.0 Å². The highest BCUT2D eigenvalue weighted by Gasteiger charge is 2.28. The molecule has 0 aromatic heterocycles. The number of hydrogen-bond acceptors (Lipinski definition) is 3. The molecule has 1 heterocycles. The lowest BCUT2D eigenvalue weighted by atomic mass is 10.0. The van der Waals surface area contributed by atoms with Crippen LogP contribution in [0.4, 0.5) is 0 Å². The van der Waals surface area contributed by atoms with Gasteiger partial charge in [-0.2, -0.15) is 5.26 Å². The van der Waals surface area contributed by atoms with Crippen LogP contribution in [0.15, 0.2) is 18.2 Å². The molecule has 94 valence electrons. The van der Waals surface area contributed by atoms with Gasteiger partial charge in [-0.3, -0.25) is 4.79 Å². The number of piperidine rings is 1. The van der Waals surface area contributed by atoms with Crippen LogP contribution in [0.25, 0.3) is 0 Å². The Balaban J connectivity index is 2.30. The predicted octanol–water partition coefficient (Wildman–Crippen LogP) is 2.56. The number of phenols is 1. The average molecular weight is 265 g/mol. The van der Waals surface area contributed by atoms with Crippen LogP contribution in [0, 0.1) is 11.3 Å². The first-order valence-electron chi connectivity index (χ1n) is 5.82. The van der Waals surface area contributed by atoms with Gasteiger partial charge in [0.2, 0.25) is 0 Å². The van der Waals surface area contributed by atoms with Crippen LogP contribution in [0.2, 0.25) is 5.02 Å². The molecule has 0 aliphatic carbocycles. The van der Waals surface area contributed by atoms with E-state index < -0.39 is 6.04 Å². The summed E-state index contributed by atoms with van der Waals surface area (Å²) in [6, 6.07) is 6.06. The molecule has 18 heavy (non-hydrogen) atoms. The summed E-state index contributed by atoms with van der Waals surface area (Å²) >= 11 is 5.82. The minimum atomic E-state index is -0.412. The van der Waals surface area contributed by atoms with E-state index in [4.69, 9.17) is 16.9 Å². The zero-order valence-electron chi connectivity index (χ0n) is 9.77. The highest BCUT2D eigenvalue weighted by molar-refractivity contribution is 6.31. The fraction of sp³-hybridized carbons (Fsp3) is 0.385. The molecular formula is C13H13ClN2O2. The Labute approximate surface area is 110 Å². The Morgan fingerprint density at radius 1 is 1.50 bits per heavy atom. The zero-order chi connectivity index (χ0) is 13.1. The maximum atomic E-state index is 12.3. The summed E-state index contributed by atoms with van der Waals surface area (Å²) in [4.78, 5) is 13.8. The Hall–Kier alpha value is -1.73. The molecule has 1 atom stereocenters. The van der Waals surface area contributed by atoms with E-state index in [0.717, 1.165) is 12.8 Å². The molecule has 1 aromatic carbocycles. The van der Waals surface area contributed by atoms with Gasteiger partial charge in [0.1, 0.15) is 11.8 Å². The SMILES string of the molecule is N#CC1CCCCN1C(=O)c1cc(Cl)ccc1O. The molecule has 1 unspecified atom stereocenters. The van der Waals surface area contributed by atoms with E-state index in [9.17, 15) is 9.90 Å². The van der Waals surface area contributed by atoms with Crippen molar-refractivity contribution >= 4 is 17.5 Å². The van der Waals surface area contributed by atoms with Crippen molar-refractivity contribution in [3.63, 3.8) is 0 Å². The number of rotatable bonds is 1. The largest absolute Gasteiger partial charge is 0.507 e. The molecule has 1 fully saturated rings. The molecule has 0 radical (unpaired) electrons. The van der Waals surface area contributed by atoms with E-state index >= 15 is 0 Å². The van der Waals surface area contributed by atoms with Crippen LogP contribution in [0.3, 0.4) is 0 Å². The van der Waals surface area contributed by atoms with Crippen LogP contribution in [0.1, 0.15) is 29.6 Å². The van der Waals surface area contributed by atoms with Crippen molar-refractivity contribution in [2.45, 2.75) is 25.3 Å². The van der Waals surface area contributed by atoms with E-state index in [-0.39, 0.29) is 17.2 Å². The topological polar surface area (TPSA) is 64.3 Å². The lowest BCUT2D eigenvalue weighted by molar-refractivity contribution is 0.0667. The standard InChI is InChI=1S/C13H13ClN2O2/c14-9-4-5-12(17)11(7-9)13(18)16-6-2-1-3-10(16)8-15/h4-5,7,10,17H,1-3,6H2. The molecule has 1 amide bonds. The quantitative estimate of drug-likeness (QED) is 0.848. The molecule has 1 aliphatic heterocycles. The zero-order valence-corrected chi connectivity index (χ0v) is 10.5. The molecule has 1 aliphatic rings. The van der Waals surface area contributed by atoms with Gasteiger partial charge in [0.15, 0.2) is 0 Å². The summed E-state index contributed by atoms with van der Waals surface area (Å²) in [6.07, 6.45) is 2.51. The lowest BCUT2D eigenvalue weighted by Gasteiger charge is -2.31. The Bertz CT molecular complexity index is 510. The molecule has 1 aromatic rings. The van der Waals surface area contributed by atoms with Crippen molar-refractivity contribution in [3.05, 3.63) is 28.8 Å². The third kappa shape index (κ3) is 2.41. The van der Waals surface area contributed by atoms with Crippen LogP contribution >= 0.6 is 11.6 Å². The molecule has 0 spiro atoms. The maximum Gasteiger partial charge on any atom is 0.258 e. The van der Waals surface area contributed by atoms with E-state index in [1.54, 1.807) is 0 Å². The number of aromatic hydroxyl groups is 1. The average Bonchev–Trinajstić information content (AvgIpc) is 2.40. The summed E-state index contributed by atoms with van der Waals surface area (Å²) in [5, 5.41) is 19.1. The van der Waals surface area contributed by atoms with Crippen LogP contribution in [0.5, 0.6) is 5.75 Å². The molecular weight excluding hydrogens is 252 g/mol. The molecule has 4 nitrogen and oxygen atoms in total. The van der Waals surface area contributed by atoms with Crippen LogP contribution in [-0.4, -0.2) is 28.5 Å². The number of likely N-dealkylation sites (tertiary alicyclic amines) is 1. The van der Waals surface area contributed by atoms with Crippen LogP contribution in [-0.2, 0) is 0 Å². The van der Waals surface area contributed by atoms with Gasteiger partial charge in [-0.05, 0) is 37.5 Å². The van der Waals surface area contributed by atoms with E-state index in [0.29, 0.717) is 18.0 Å². The van der Waals surface area contributed by atoms with Gasteiger partial charge in [0.05, 0.1) is 11.6 Å². The number of hydrogen-bond donors (Lipinski definition) is 1. The Morgan fingerprint density at radius 3 is 3.00 bits per heavy atom. The predicted molar refractivity (Wildman–Crippen MR) is 67.4 cm³/mol. The van der Waals surface area contributed by atoms with E-state index in [1.807, 2.05) is 0 Å². The molecule has 1 saturated heterocycles. The first kappa shape index (κ1) is 12.7. The Kier molecular flexibility index (Phi) is 3.73. The van der Waals surface area contributed by atoms with Gasteiger partial charge in [-0.15, -0.1) is 0 Å². The van der Waals surface area contributed by atoms with Crippen molar-refractivity contribution in [1.29, 1.82) is 5.26 Å². The molecule has 0 bridgehead atoms. The van der Waals surface area contributed by atoms with Crippen molar-refractivity contribution in [3.8, 4) is 11.8 Å². The molecule has 1 N–H and O–H groups in total. The number of nitrogens with zero attached hydrogens (tertiary/aromatic N) is 2. The van der Waals surface area contributed by atoms with E-state index in [1.165, 1.54) is 23.1 Å². The van der Waals surface area contributed by atoms with Gasteiger partial charge in [-0.1, -0.05) is 11.6 Å². The number of amides is 1. The van der Waals surface area contributed by atoms with Crippen LogP contribution < -0.4 is 0 Å². The second-order valence-electron chi connectivity index (χ2n) is 4.30. The van der Waals surface area contributed by atoms with Crippen molar-refractivity contribution in [1.82, 2.24) is 4.90 Å². The summed E-state index contributed by atoms with van der Waals surface area (Å²) in [6.45, 7) is 0.545. The van der Waals surface area contributed by atoms with Gasteiger partial charge in [0.25, 0.3) is 5.91 Å². The van der Waals surface area contributed by atoms with Gasteiger partial charge in [-0.25, -0.2) is 0 Å². The number of nitriles is 1. The molecule has 5 heteroatoms. The third-order valence-corrected chi connectivity index (χ3v) is 3.34. The minimum Gasteiger partial charge on any atom is -0.507 e. The second-order valence-corrected chi connectivity index (χ2v) is 4.74. The van der Waals surface area contributed by atoms with Gasteiger partial charge in [0, 0.05) is 11.6 Å². The number of benzene rings is 1. The number of phenolic OH excluding ortho intramolecular Hbond substituents is 1. The first-order valence-corrected chi connectivity index (χ1v) is 6.20. The first-order chi connectivity index (χ1) is 8.63.